The lowest BCUT2D eigenvalue weighted by molar-refractivity contribution is -0.296. The van der Waals surface area contributed by atoms with Gasteiger partial charge in [0.1, 0.15) is 5.78 Å². The number of carbonyl (C=O) groups excluding carboxylic acids is 1. The molecule has 0 spiro atoms. The predicted octanol–water partition coefficient (Wildman–Crippen LogP) is 3.33. The van der Waals surface area contributed by atoms with E-state index in [1.165, 1.54) is 0 Å². The molecule has 1 atom stereocenters. The second kappa shape index (κ2) is 5.07. The molecular weight excluding hydrogens is 214 g/mol. The van der Waals surface area contributed by atoms with E-state index in [1.807, 2.05) is 0 Å². The highest BCUT2D eigenvalue weighted by Crippen LogP contribution is 2.37. The van der Waals surface area contributed by atoms with E-state index in [-0.39, 0.29) is 17.2 Å². The van der Waals surface area contributed by atoms with E-state index in [9.17, 15) is 4.79 Å². The van der Waals surface area contributed by atoms with Gasteiger partial charge in [0.2, 0.25) is 0 Å². The molecule has 0 saturated carbocycles. The van der Waals surface area contributed by atoms with Gasteiger partial charge in [-0.3, -0.25) is 9.63 Å². The van der Waals surface area contributed by atoms with Crippen LogP contribution in [0.15, 0.2) is 0 Å². The van der Waals surface area contributed by atoms with Gasteiger partial charge in [-0.25, -0.2) is 0 Å². The molecule has 1 unspecified atom stereocenters. The maximum atomic E-state index is 11.8. The fourth-order valence-corrected chi connectivity index (χ4v) is 2.92. The van der Waals surface area contributed by atoms with Crippen LogP contribution in [-0.4, -0.2) is 28.0 Å². The lowest BCUT2D eigenvalue weighted by atomic mass is 9.81. The Kier molecular flexibility index (Phi) is 4.37. The molecule has 1 aliphatic heterocycles. The van der Waals surface area contributed by atoms with E-state index in [0.717, 1.165) is 12.8 Å². The van der Waals surface area contributed by atoms with E-state index in [1.54, 1.807) is 0 Å². The summed E-state index contributed by atoms with van der Waals surface area (Å²) in [6.07, 6.45) is 3.54. The molecular formula is C14H27NO2. The van der Waals surface area contributed by atoms with Crippen molar-refractivity contribution in [3.63, 3.8) is 0 Å². The molecule has 3 nitrogen and oxygen atoms in total. The molecule has 3 heteroatoms. The molecule has 0 bridgehead atoms. The van der Waals surface area contributed by atoms with Crippen molar-refractivity contribution in [2.45, 2.75) is 84.4 Å². The van der Waals surface area contributed by atoms with E-state index in [4.69, 9.17) is 4.84 Å². The quantitative estimate of drug-likeness (QED) is 0.756. The van der Waals surface area contributed by atoms with Crippen molar-refractivity contribution in [1.29, 1.82) is 0 Å². The Labute approximate surface area is 105 Å². The van der Waals surface area contributed by atoms with Crippen molar-refractivity contribution >= 4 is 5.78 Å². The van der Waals surface area contributed by atoms with Crippen LogP contribution in [0, 0.1) is 0 Å². The van der Waals surface area contributed by atoms with Crippen molar-refractivity contribution in [3.05, 3.63) is 0 Å². The second-order valence-electron chi connectivity index (χ2n) is 6.52. The van der Waals surface area contributed by atoms with Crippen LogP contribution in [0.5, 0.6) is 0 Å². The fourth-order valence-electron chi connectivity index (χ4n) is 2.92. The topological polar surface area (TPSA) is 29.5 Å². The Morgan fingerprint density at radius 1 is 1.24 bits per heavy atom. The fraction of sp³-hybridized carbons (Fsp3) is 0.929. The highest BCUT2D eigenvalue weighted by Gasteiger charge is 2.46. The van der Waals surface area contributed by atoms with Crippen molar-refractivity contribution < 1.29 is 9.63 Å². The Hall–Kier alpha value is -0.410. The molecule has 1 heterocycles. The summed E-state index contributed by atoms with van der Waals surface area (Å²) in [5, 5.41) is 2.06. The zero-order chi connectivity index (χ0) is 13.3. The van der Waals surface area contributed by atoms with Crippen molar-refractivity contribution in [2.24, 2.45) is 0 Å². The third kappa shape index (κ3) is 3.52. The Balaban J connectivity index is 2.81. The first-order chi connectivity index (χ1) is 7.69. The van der Waals surface area contributed by atoms with Gasteiger partial charge in [0.15, 0.2) is 0 Å². The lowest BCUT2D eigenvalue weighted by Crippen LogP contribution is -2.61. The van der Waals surface area contributed by atoms with Crippen LogP contribution in [0.2, 0.25) is 0 Å². The summed E-state index contributed by atoms with van der Waals surface area (Å²) in [5.74, 6) is 0.336. The zero-order valence-electron chi connectivity index (χ0n) is 12.2. The van der Waals surface area contributed by atoms with E-state index < -0.39 is 0 Å². The maximum absolute atomic E-state index is 11.8. The van der Waals surface area contributed by atoms with Crippen LogP contribution < -0.4 is 0 Å². The molecule has 1 rings (SSSR count). The SMILES string of the molecule is CCCC(C)ON1C(C)(C)CC(=O)CC1(C)C. The monoisotopic (exact) mass is 241 g/mol. The highest BCUT2D eigenvalue weighted by molar-refractivity contribution is 5.81. The summed E-state index contributed by atoms with van der Waals surface area (Å²) < 4.78 is 0. The minimum absolute atomic E-state index is 0.208. The van der Waals surface area contributed by atoms with E-state index in [2.05, 4.69) is 46.6 Å². The minimum atomic E-state index is -0.208. The molecule has 0 aromatic heterocycles. The normalized spacial score (nSPS) is 25.9. The molecule has 0 radical (unpaired) electrons. The average Bonchev–Trinajstić information content (AvgIpc) is 2.10. The van der Waals surface area contributed by atoms with Gasteiger partial charge in [-0.2, -0.15) is 5.06 Å². The molecule has 0 aromatic rings. The molecule has 1 saturated heterocycles. The summed E-state index contributed by atoms with van der Waals surface area (Å²) in [7, 11) is 0. The van der Waals surface area contributed by atoms with Gasteiger partial charge in [-0.1, -0.05) is 13.3 Å². The number of nitrogens with zero attached hydrogens (tertiary/aromatic N) is 1. The van der Waals surface area contributed by atoms with Gasteiger partial charge in [0.05, 0.1) is 6.10 Å². The summed E-state index contributed by atoms with van der Waals surface area (Å²) in [6.45, 7) is 12.6. The Bertz CT molecular complexity index is 264. The van der Waals surface area contributed by atoms with Gasteiger partial charge in [-0.15, -0.1) is 0 Å². The van der Waals surface area contributed by atoms with Gasteiger partial charge in [-0.05, 0) is 41.0 Å². The summed E-state index contributed by atoms with van der Waals surface area (Å²) >= 11 is 0. The lowest BCUT2D eigenvalue weighted by Gasteiger charge is -2.51. The number of carbonyl (C=O) groups is 1. The smallest absolute Gasteiger partial charge is 0.136 e. The van der Waals surface area contributed by atoms with Crippen LogP contribution in [0.4, 0.5) is 0 Å². The van der Waals surface area contributed by atoms with Crippen molar-refractivity contribution in [3.8, 4) is 0 Å². The van der Waals surface area contributed by atoms with E-state index in [0.29, 0.717) is 18.6 Å². The number of hydrogen-bond donors (Lipinski definition) is 0. The van der Waals surface area contributed by atoms with Crippen LogP contribution in [-0.2, 0) is 9.63 Å². The molecule has 1 fully saturated rings. The van der Waals surface area contributed by atoms with Crippen LogP contribution in [0.25, 0.3) is 0 Å². The first-order valence-corrected chi connectivity index (χ1v) is 6.68. The molecule has 0 N–H and O–H groups in total. The maximum Gasteiger partial charge on any atom is 0.136 e. The van der Waals surface area contributed by atoms with Crippen LogP contribution >= 0.6 is 0 Å². The number of hydrogen-bond acceptors (Lipinski definition) is 3. The van der Waals surface area contributed by atoms with Gasteiger partial charge < -0.3 is 0 Å². The third-order valence-corrected chi connectivity index (χ3v) is 3.34. The molecule has 0 aliphatic carbocycles. The van der Waals surface area contributed by atoms with Crippen LogP contribution in [0.3, 0.4) is 0 Å². The highest BCUT2D eigenvalue weighted by atomic mass is 16.7. The standard InChI is InChI=1S/C14H27NO2/c1-7-8-11(2)17-15-13(3,4)9-12(16)10-14(15,5)6/h11H,7-10H2,1-6H3. The van der Waals surface area contributed by atoms with E-state index >= 15 is 0 Å². The first-order valence-electron chi connectivity index (χ1n) is 6.68. The van der Waals surface area contributed by atoms with Gasteiger partial charge in [0, 0.05) is 23.9 Å². The average molecular weight is 241 g/mol. The molecule has 1 aliphatic rings. The first kappa shape index (κ1) is 14.7. The Morgan fingerprint density at radius 2 is 1.71 bits per heavy atom. The van der Waals surface area contributed by atoms with Crippen LogP contribution in [0.1, 0.15) is 67.2 Å². The molecule has 100 valence electrons. The van der Waals surface area contributed by atoms with Gasteiger partial charge >= 0.3 is 0 Å². The minimum Gasteiger partial charge on any atom is -0.300 e. The summed E-state index contributed by atoms with van der Waals surface area (Å²) in [5.41, 5.74) is -0.415. The number of Topliss-reactive ketones (excluding diaryl/α,β-unsaturated/α-hetero) is 1. The molecule has 17 heavy (non-hydrogen) atoms. The van der Waals surface area contributed by atoms with Crippen molar-refractivity contribution in [1.82, 2.24) is 5.06 Å². The van der Waals surface area contributed by atoms with Crippen molar-refractivity contribution in [2.75, 3.05) is 0 Å². The number of piperidine rings is 1. The molecule has 0 aromatic carbocycles. The largest absolute Gasteiger partial charge is 0.300 e. The zero-order valence-corrected chi connectivity index (χ0v) is 12.2. The third-order valence-electron chi connectivity index (χ3n) is 3.34. The molecule has 0 amide bonds. The summed E-state index contributed by atoms with van der Waals surface area (Å²) in [6, 6.07) is 0. The second-order valence-corrected chi connectivity index (χ2v) is 6.52. The number of hydroxylamine groups is 2. The predicted molar refractivity (Wildman–Crippen MR) is 69.7 cm³/mol. The number of ketones is 1. The number of rotatable bonds is 4. The van der Waals surface area contributed by atoms with Gasteiger partial charge in [0.25, 0.3) is 0 Å². The summed E-state index contributed by atoms with van der Waals surface area (Å²) in [4.78, 5) is 17.9. The Morgan fingerprint density at radius 3 is 2.12 bits per heavy atom.